The highest BCUT2D eigenvalue weighted by Gasteiger charge is 2.18. The summed E-state index contributed by atoms with van der Waals surface area (Å²) in [5.41, 5.74) is 9.40. The minimum Gasteiger partial charge on any atom is -0.435 e. The molecule has 0 aliphatic heterocycles. The molecule has 0 unspecified atom stereocenters. The Bertz CT molecular complexity index is 2450. The van der Waals surface area contributed by atoms with Gasteiger partial charge >= 0.3 is 0 Å². The minimum atomic E-state index is 0.613. The zero-order valence-electron chi connectivity index (χ0n) is 25.9. The summed E-state index contributed by atoms with van der Waals surface area (Å²) >= 11 is 0. The monoisotopic (exact) mass is 616 g/mol. The molecule has 0 N–H and O–H groups in total. The third kappa shape index (κ3) is 4.95. The molecular formula is C43H28N4O. The molecule has 6 aromatic carbocycles. The number of oxazole rings is 1. The smallest absolute Gasteiger partial charge is 0.227 e. The van der Waals surface area contributed by atoms with Gasteiger partial charge in [-0.3, -0.25) is 9.97 Å². The highest BCUT2D eigenvalue weighted by molar-refractivity contribution is 6.18. The van der Waals surface area contributed by atoms with Gasteiger partial charge in [-0.25, -0.2) is 4.98 Å². The molecule has 3 heterocycles. The molecule has 0 fully saturated rings. The van der Waals surface area contributed by atoms with Crippen LogP contribution in [0.3, 0.4) is 0 Å². The van der Waals surface area contributed by atoms with E-state index >= 15 is 0 Å². The van der Waals surface area contributed by atoms with Gasteiger partial charge in [0.15, 0.2) is 5.58 Å². The van der Waals surface area contributed by atoms with Crippen molar-refractivity contribution >= 4 is 49.7 Å². The van der Waals surface area contributed by atoms with Crippen molar-refractivity contribution in [3.63, 3.8) is 0 Å². The Morgan fingerprint density at radius 2 is 0.979 bits per heavy atom. The van der Waals surface area contributed by atoms with Crippen LogP contribution in [0.25, 0.3) is 66.6 Å². The van der Waals surface area contributed by atoms with Crippen LogP contribution >= 0.6 is 0 Å². The molecule has 0 saturated heterocycles. The van der Waals surface area contributed by atoms with Crippen LogP contribution in [0.5, 0.6) is 0 Å². The van der Waals surface area contributed by atoms with Crippen molar-refractivity contribution in [2.24, 2.45) is 0 Å². The summed E-state index contributed by atoms with van der Waals surface area (Å²) in [5.74, 6) is 0.613. The molecule has 9 aromatic rings. The van der Waals surface area contributed by atoms with Gasteiger partial charge in [0.2, 0.25) is 5.89 Å². The predicted octanol–water partition coefficient (Wildman–Crippen LogP) is 11.4. The number of fused-ring (bicyclic) bond motifs is 5. The summed E-state index contributed by atoms with van der Waals surface area (Å²) in [5, 5.41) is 4.33. The molecule has 0 amide bonds. The summed E-state index contributed by atoms with van der Waals surface area (Å²) in [6.07, 6.45) is 3.86. The normalized spacial score (nSPS) is 11.3. The Labute approximate surface area is 277 Å². The van der Waals surface area contributed by atoms with E-state index in [0.717, 1.165) is 77.8 Å². The lowest BCUT2D eigenvalue weighted by Gasteiger charge is -2.25. The maximum absolute atomic E-state index is 6.51. The number of benzene rings is 6. The Morgan fingerprint density at radius 3 is 1.56 bits per heavy atom. The number of nitrogens with zero attached hydrogens (tertiary/aromatic N) is 4. The molecule has 5 heteroatoms. The van der Waals surface area contributed by atoms with Crippen molar-refractivity contribution in [2.45, 2.75) is 0 Å². The Balaban J connectivity index is 1.22. The first-order valence-corrected chi connectivity index (χ1v) is 15.9. The van der Waals surface area contributed by atoms with Gasteiger partial charge in [-0.05, 0) is 70.8 Å². The first-order chi connectivity index (χ1) is 23.8. The van der Waals surface area contributed by atoms with Gasteiger partial charge in [0.1, 0.15) is 5.52 Å². The van der Waals surface area contributed by atoms with E-state index in [-0.39, 0.29) is 0 Å². The first kappa shape index (κ1) is 27.7. The molecule has 226 valence electrons. The van der Waals surface area contributed by atoms with Crippen molar-refractivity contribution < 1.29 is 4.42 Å². The van der Waals surface area contributed by atoms with Crippen LogP contribution in [0, 0.1) is 0 Å². The van der Waals surface area contributed by atoms with Crippen LogP contribution in [0.2, 0.25) is 0 Å². The fourth-order valence-corrected chi connectivity index (χ4v) is 6.40. The van der Waals surface area contributed by atoms with E-state index in [1.54, 1.807) is 0 Å². The highest BCUT2D eigenvalue weighted by Crippen LogP contribution is 2.40. The fraction of sp³-hybridized carbons (Fsp3) is 0. The topological polar surface area (TPSA) is 55.1 Å². The molecule has 3 aromatic heterocycles. The lowest BCUT2D eigenvalue weighted by atomic mass is 10.00. The second-order valence-electron chi connectivity index (χ2n) is 11.7. The van der Waals surface area contributed by atoms with E-state index in [2.05, 4.69) is 89.8 Å². The van der Waals surface area contributed by atoms with Gasteiger partial charge in [-0.15, -0.1) is 0 Å². The third-order valence-electron chi connectivity index (χ3n) is 8.77. The van der Waals surface area contributed by atoms with Gasteiger partial charge in [0.05, 0.1) is 35.2 Å². The number of hydrogen-bond acceptors (Lipinski definition) is 5. The molecule has 0 aliphatic carbocycles. The van der Waals surface area contributed by atoms with Crippen molar-refractivity contribution in [3.05, 3.63) is 170 Å². The van der Waals surface area contributed by atoms with Crippen LogP contribution < -0.4 is 4.90 Å². The largest absolute Gasteiger partial charge is 0.435 e. The third-order valence-corrected chi connectivity index (χ3v) is 8.77. The van der Waals surface area contributed by atoms with Gasteiger partial charge in [-0.1, -0.05) is 103 Å². The van der Waals surface area contributed by atoms with E-state index in [4.69, 9.17) is 19.4 Å². The number of anilines is 3. The summed E-state index contributed by atoms with van der Waals surface area (Å²) in [6.45, 7) is 0. The molecule has 0 spiro atoms. The van der Waals surface area contributed by atoms with E-state index in [0.29, 0.717) is 5.89 Å². The van der Waals surface area contributed by atoms with Crippen LogP contribution in [0.4, 0.5) is 17.1 Å². The van der Waals surface area contributed by atoms with E-state index < -0.39 is 0 Å². The molecule has 5 nitrogen and oxygen atoms in total. The maximum atomic E-state index is 6.51. The van der Waals surface area contributed by atoms with Crippen molar-refractivity contribution in [1.82, 2.24) is 15.0 Å². The summed E-state index contributed by atoms with van der Waals surface area (Å²) in [7, 11) is 0. The number of pyridine rings is 2. The van der Waals surface area contributed by atoms with E-state index in [1.807, 2.05) is 85.2 Å². The van der Waals surface area contributed by atoms with Crippen LogP contribution in [-0.4, -0.2) is 15.0 Å². The minimum absolute atomic E-state index is 0.613. The second kappa shape index (κ2) is 11.6. The molecule has 9 rings (SSSR count). The molecule has 0 aliphatic rings. The SMILES string of the molecule is c1ccc(-c2ccc(N(c3ccc(-c4ccccc4)nc3)c3ccc4ccc5ccc6nc(-c7ccccc7)oc6c5c4c3)cn2)cc1. The van der Waals surface area contributed by atoms with Crippen LogP contribution in [0.1, 0.15) is 0 Å². The molecule has 0 bridgehead atoms. The number of aromatic nitrogens is 3. The maximum Gasteiger partial charge on any atom is 0.227 e. The number of hydrogen-bond donors (Lipinski definition) is 0. The van der Waals surface area contributed by atoms with E-state index in [9.17, 15) is 0 Å². The Morgan fingerprint density at radius 1 is 0.458 bits per heavy atom. The zero-order chi connectivity index (χ0) is 31.9. The molecule has 0 saturated carbocycles. The lowest BCUT2D eigenvalue weighted by molar-refractivity contribution is 0.623. The molecule has 0 atom stereocenters. The Hall–Kier alpha value is -6.59. The van der Waals surface area contributed by atoms with Gasteiger partial charge in [-0.2, -0.15) is 0 Å². The summed E-state index contributed by atoms with van der Waals surface area (Å²) in [6, 6.07) is 53.9. The molecular weight excluding hydrogens is 589 g/mol. The average Bonchev–Trinajstić information content (AvgIpc) is 3.61. The highest BCUT2D eigenvalue weighted by atomic mass is 16.3. The second-order valence-corrected chi connectivity index (χ2v) is 11.7. The molecule has 0 radical (unpaired) electrons. The van der Waals surface area contributed by atoms with Gasteiger partial charge in [0.25, 0.3) is 0 Å². The van der Waals surface area contributed by atoms with Crippen LogP contribution in [-0.2, 0) is 0 Å². The molecule has 48 heavy (non-hydrogen) atoms. The van der Waals surface area contributed by atoms with Gasteiger partial charge in [0, 0.05) is 27.8 Å². The first-order valence-electron chi connectivity index (χ1n) is 15.9. The quantitative estimate of drug-likeness (QED) is 0.174. The lowest BCUT2D eigenvalue weighted by Crippen LogP contribution is -2.11. The summed E-state index contributed by atoms with van der Waals surface area (Å²) in [4.78, 5) is 16.8. The van der Waals surface area contributed by atoms with Gasteiger partial charge < -0.3 is 9.32 Å². The average molecular weight is 617 g/mol. The standard InChI is InChI=1S/C43H28N4O/c1-4-10-30(11-5-1)38-24-21-35(27-44-38)47(36-22-25-39(45-28-36)31-12-6-2-7-13-31)34-20-18-29-16-17-32-19-23-40-42(41(32)37(29)26-34)48-43(46-40)33-14-8-3-9-15-33/h1-28H. The van der Waals surface area contributed by atoms with Crippen molar-refractivity contribution in [2.75, 3.05) is 4.90 Å². The van der Waals surface area contributed by atoms with Crippen molar-refractivity contribution in [1.29, 1.82) is 0 Å². The van der Waals surface area contributed by atoms with Crippen LogP contribution in [0.15, 0.2) is 175 Å². The fourth-order valence-electron chi connectivity index (χ4n) is 6.40. The van der Waals surface area contributed by atoms with E-state index in [1.165, 1.54) is 0 Å². The zero-order valence-corrected chi connectivity index (χ0v) is 25.9. The van der Waals surface area contributed by atoms with Crippen molar-refractivity contribution in [3.8, 4) is 34.0 Å². The summed E-state index contributed by atoms with van der Waals surface area (Å²) < 4.78 is 6.51. The number of rotatable bonds is 6. The predicted molar refractivity (Wildman–Crippen MR) is 196 cm³/mol. The Kier molecular flexibility index (Phi) is 6.72.